The quantitative estimate of drug-likeness (QED) is 0.575. The number of amides is 1. The van der Waals surface area contributed by atoms with E-state index in [1.807, 2.05) is 19.1 Å². The van der Waals surface area contributed by atoms with Crippen molar-refractivity contribution in [2.45, 2.75) is 6.92 Å². The van der Waals surface area contributed by atoms with Gasteiger partial charge in [-0.2, -0.15) is 0 Å². The zero-order valence-electron chi connectivity index (χ0n) is 11.8. The van der Waals surface area contributed by atoms with E-state index in [4.69, 9.17) is 11.6 Å². The van der Waals surface area contributed by atoms with Gasteiger partial charge in [0.15, 0.2) is 0 Å². The maximum Gasteiger partial charge on any atom is 0.283 e. The molecule has 0 aliphatic rings. The maximum absolute atomic E-state index is 12.5. The highest BCUT2D eigenvalue weighted by Gasteiger charge is 2.24. The third-order valence-electron chi connectivity index (χ3n) is 3.22. The molecular formula is C15H12BrClN2O3. The van der Waals surface area contributed by atoms with Crippen molar-refractivity contribution in [3.8, 4) is 0 Å². The third kappa shape index (κ3) is 3.28. The number of carbonyl (C=O) groups is 1. The van der Waals surface area contributed by atoms with Crippen LogP contribution >= 0.6 is 27.5 Å². The Morgan fingerprint density at radius 1 is 1.27 bits per heavy atom. The highest BCUT2D eigenvalue weighted by Crippen LogP contribution is 2.27. The Morgan fingerprint density at radius 2 is 1.95 bits per heavy atom. The van der Waals surface area contributed by atoms with Crippen molar-refractivity contribution in [3.05, 3.63) is 67.1 Å². The van der Waals surface area contributed by atoms with Crippen molar-refractivity contribution in [3.63, 3.8) is 0 Å². The minimum Gasteiger partial charge on any atom is -0.311 e. The van der Waals surface area contributed by atoms with Crippen LogP contribution in [0.2, 0.25) is 5.02 Å². The predicted octanol–water partition coefficient (Wildman–Crippen LogP) is 4.60. The first kappa shape index (κ1) is 16.5. The Morgan fingerprint density at radius 3 is 2.55 bits per heavy atom. The van der Waals surface area contributed by atoms with Crippen molar-refractivity contribution in [1.29, 1.82) is 0 Å². The summed E-state index contributed by atoms with van der Waals surface area (Å²) in [7, 11) is 1.57. The second kappa shape index (κ2) is 6.46. The first-order valence-electron chi connectivity index (χ1n) is 6.29. The number of aryl methyl sites for hydroxylation is 1. The van der Waals surface area contributed by atoms with Crippen LogP contribution in [-0.4, -0.2) is 17.9 Å². The largest absolute Gasteiger partial charge is 0.311 e. The molecule has 0 atom stereocenters. The summed E-state index contributed by atoms with van der Waals surface area (Å²) in [4.78, 5) is 24.4. The van der Waals surface area contributed by atoms with Gasteiger partial charge in [-0.05, 0) is 42.8 Å². The molecule has 0 bridgehead atoms. The number of nitro benzene ring substituents is 1. The SMILES string of the molecule is Cc1cc(N(C)C(=O)c2ccc(Cl)cc2[N+](=O)[O-])ccc1Br. The van der Waals surface area contributed by atoms with Gasteiger partial charge in [-0.25, -0.2) is 0 Å². The standard InChI is InChI=1S/C15H12BrClN2O3/c1-9-7-11(4-6-13(9)16)18(2)15(20)12-5-3-10(17)8-14(12)19(21)22/h3-8H,1-2H3. The fourth-order valence-corrected chi connectivity index (χ4v) is 2.39. The molecule has 0 fully saturated rings. The van der Waals surface area contributed by atoms with Gasteiger partial charge in [-0.3, -0.25) is 14.9 Å². The molecule has 0 aliphatic carbocycles. The Kier molecular flexibility index (Phi) is 4.83. The number of halogens is 2. The molecule has 0 heterocycles. The van der Waals surface area contributed by atoms with Crippen molar-refractivity contribution in [2.24, 2.45) is 0 Å². The van der Waals surface area contributed by atoms with E-state index in [0.29, 0.717) is 5.69 Å². The van der Waals surface area contributed by atoms with Gasteiger partial charge in [0.1, 0.15) is 5.56 Å². The number of hydrogen-bond donors (Lipinski definition) is 0. The smallest absolute Gasteiger partial charge is 0.283 e. The topological polar surface area (TPSA) is 63.5 Å². The van der Waals surface area contributed by atoms with Gasteiger partial charge < -0.3 is 4.90 Å². The Labute approximate surface area is 140 Å². The van der Waals surface area contributed by atoms with Crippen LogP contribution in [0.4, 0.5) is 11.4 Å². The van der Waals surface area contributed by atoms with Crippen LogP contribution < -0.4 is 4.90 Å². The zero-order valence-corrected chi connectivity index (χ0v) is 14.2. The Bertz CT molecular complexity index is 764. The third-order valence-corrected chi connectivity index (χ3v) is 4.35. The van der Waals surface area contributed by atoms with E-state index in [2.05, 4.69) is 15.9 Å². The minimum absolute atomic E-state index is 0.00234. The number of carbonyl (C=O) groups excluding carboxylic acids is 1. The summed E-state index contributed by atoms with van der Waals surface area (Å²) in [5.41, 5.74) is 1.30. The lowest BCUT2D eigenvalue weighted by atomic mass is 10.1. The number of nitrogens with zero attached hydrogens (tertiary/aromatic N) is 2. The van der Waals surface area contributed by atoms with Crippen LogP contribution in [0.3, 0.4) is 0 Å². The fraction of sp³-hybridized carbons (Fsp3) is 0.133. The lowest BCUT2D eigenvalue weighted by Crippen LogP contribution is -2.27. The normalized spacial score (nSPS) is 10.4. The second-order valence-corrected chi connectivity index (χ2v) is 6.01. The van der Waals surface area contributed by atoms with Gasteiger partial charge in [0.25, 0.3) is 11.6 Å². The molecule has 0 spiro atoms. The molecule has 114 valence electrons. The molecule has 2 rings (SSSR count). The van der Waals surface area contributed by atoms with E-state index in [0.717, 1.165) is 10.0 Å². The van der Waals surface area contributed by atoms with Crippen LogP contribution in [0.5, 0.6) is 0 Å². The van der Waals surface area contributed by atoms with Crippen LogP contribution in [0.1, 0.15) is 15.9 Å². The second-order valence-electron chi connectivity index (χ2n) is 4.72. The molecule has 0 saturated heterocycles. The molecule has 0 aliphatic heterocycles. The van der Waals surface area contributed by atoms with E-state index in [1.54, 1.807) is 13.1 Å². The summed E-state index contributed by atoms with van der Waals surface area (Å²) in [5, 5.41) is 11.3. The predicted molar refractivity (Wildman–Crippen MR) is 89.7 cm³/mol. The maximum atomic E-state index is 12.5. The summed E-state index contributed by atoms with van der Waals surface area (Å²) >= 11 is 9.16. The zero-order chi connectivity index (χ0) is 16.4. The fourth-order valence-electron chi connectivity index (χ4n) is 1.97. The van der Waals surface area contributed by atoms with Crippen molar-refractivity contribution >= 4 is 44.8 Å². The van der Waals surface area contributed by atoms with Crippen LogP contribution in [0.15, 0.2) is 40.9 Å². The highest BCUT2D eigenvalue weighted by atomic mass is 79.9. The molecule has 7 heteroatoms. The van der Waals surface area contributed by atoms with Crippen molar-refractivity contribution in [2.75, 3.05) is 11.9 Å². The van der Waals surface area contributed by atoms with E-state index in [1.165, 1.54) is 23.1 Å². The van der Waals surface area contributed by atoms with Gasteiger partial charge in [-0.1, -0.05) is 27.5 Å². The molecule has 2 aromatic carbocycles. The van der Waals surface area contributed by atoms with Crippen molar-refractivity contribution in [1.82, 2.24) is 0 Å². The summed E-state index contributed by atoms with van der Waals surface area (Å²) in [6.07, 6.45) is 0. The molecule has 1 amide bonds. The van der Waals surface area contributed by atoms with Gasteiger partial charge in [0.2, 0.25) is 0 Å². The summed E-state index contributed by atoms with van der Waals surface area (Å²) in [6.45, 7) is 1.90. The number of hydrogen-bond acceptors (Lipinski definition) is 3. The average Bonchev–Trinajstić information content (AvgIpc) is 2.48. The number of rotatable bonds is 3. The van der Waals surface area contributed by atoms with E-state index in [9.17, 15) is 14.9 Å². The first-order chi connectivity index (χ1) is 10.3. The molecule has 5 nitrogen and oxygen atoms in total. The number of benzene rings is 2. The molecular weight excluding hydrogens is 372 g/mol. The Hall–Kier alpha value is -1.92. The molecule has 22 heavy (non-hydrogen) atoms. The van der Waals surface area contributed by atoms with E-state index < -0.39 is 10.8 Å². The van der Waals surface area contributed by atoms with Crippen LogP contribution in [0.25, 0.3) is 0 Å². The molecule has 2 aromatic rings. The van der Waals surface area contributed by atoms with Gasteiger partial charge in [0, 0.05) is 28.3 Å². The molecule has 0 unspecified atom stereocenters. The van der Waals surface area contributed by atoms with Crippen molar-refractivity contribution < 1.29 is 9.72 Å². The Balaban J connectivity index is 2.43. The molecule has 0 aromatic heterocycles. The average molecular weight is 384 g/mol. The summed E-state index contributed by atoms with van der Waals surface area (Å²) < 4.78 is 0.926. The minimum atomic E-state index is -0.611. The molecule has 0 N–H and O–H groups in total. The molecule has 0 saturated carbocycles. The van der Waals surface area contributed by atoms with Gasteiger partial charge in [0.05, 0.1) is 4.92 Å². The summed E-state index contributed by atoms with van der Waals surface area (Å²) in [6, 6.07) is 9.41. The molecule has 0 radical (unpaired) electrons. The van der Waals surface area contributed by atoms with Crippen LogP contribution in [0, 0.1) is 17.0 Å². The lowest BCUT2D eigenvalue weighted by molar-refractivity contribution is -0.385. The lowest BCUT2D eigenvalue weighted by Gasteiger charge is -2.18. The highest BCUT2D eigenvalue weighted by molar-refractivity contribution is 9.10. The van der Waals surface area contributed by atoms with E-state index >= 15 is 0 Å². The first-order valence-corrected chi connectivity index (χ1v) is 7.46. The number of anilines is 1. The van der Waals surface area contributed by atoms with Crippen LogP contribution in [-0.2, 0) is 0 Å². The van der Waals surface area contributed by atoms with Gasteiger partial charge >= 0.3 is 0 Å². The van der Waals surface area contributed by atoms with E-state index in [-0.39, 0.29) is 16.3 Å². The number of nitro groups is 1. The van der Waals surface area contributed by atoms with Gasteiger partial charge in [-0.15, -0.1) is 0 Å². The summed E-state index contributed by atoms with van der Waals surface area (Å²) in [5.74, 6) is -0.468. The monoisotopic (exact) mass is 382 g/mol.